The number of thioether (sulfide) groups is 1. The van der Waals surface area contributed by atoms with Gasteiger partial charge < -0.3 is 14.6 Å². The number of hydrogen-bond donors (Lipinski definition) is 1. The van der Waals surface area contributed by atoms with Crippen molar-refractivity contribution in [1.29, 1.82) is 0 Å². The van der Waals surface area contributed by atoms with Gasteiger partial charge in [0.2, 0.25) is 0 Å². The Kier molecular flexibility index (Phi) is 3.98. The van der Waals surface area contributed by atoms with Crippen molar-refractivity contribution in [3.63, 3.8) is 0 Å². The van der Waals surface area contributed by atoms with Crippen LogP contribution in [0.2, 0.25) is 0 Å². The lowest BCUT2D eigenvalue weighted by atomic mass is 9.90. The van der Waals surface area contributed by atoms with Crippen molar-refractivity contribution in [2.45, 2.75) is 37.8 Å². The zero-order valence-electron chi connectivity index (χ0n) is 13.1. The Labute approximate surface area is 139 Å². The molecular formula is C16H20N4O2S. The lowest BCUT2D eigenvalue weighted by molar-refractivity contribution is -0.0628. The highest BCUT2D eigenvalue weighted by Gasteiger charge is 2.40. The fourth-order valence-electron chi connectivity index (χ4n) is 3.31. The van der Waals surface area contributed by atoms with E-state index in [9.17, 15) is 0 Å². The first-order valence-electron chi connectivity index (χ1n) is 7.98. The summed E-state index contributed by atoms with van der Waals surface area (Å²) in [5.74, 6) is 4.24. The number of aryl methyl sites for hydroxylation is 1. The molecule has 2 aliphatic rings. The zero-order valence-corrected chi connectivity index (χ0v) is 13.9. The van der Waals surface area contributed by atoms with E-state index in [-0.39, 0.29) is 5.60 Å². The highest BCUT2D eigenvalue weighted by atomic mass is 32.2. The summed E-state index contributed by atoms with van der Waals surface area (Å²) in [6.07, 6.45) is 4.95. The molecular weight excluding hydrogens is 312 g/mol. The van der Waals surface area contributed by atoms with E-state index in [1.807, 2.05) is 30.8 Å². The molecule has 2 aromatic heterocycles. The number of pyridine rings is 1. The van der Waals surface area contributed by atoms with Gasteiger partial charge in [0.25, 0.3) is 5.89 Å². The molecule has 0 unspecified atom stereocenters. The van der Waals surface area contributed by atoms with Gasteiger partial charge in [-0.05, 0) is 44.1 Å². The van der Waals surface area contributed by atoms with Crippen LogP contribution in [0, 0.1) is 6.92 Å². The molecule has 4 heterocycles. The molecule has 0 bridgehead atoms. The summed E-state index contributed by atoms with van der Waals surface area (Å²) >= 11 is 1.99. The van der Waals surface area contributed by atoms with Crippen LogP contribution in [0.1, 0.15) is 25.1 Å². The minimum atomic E-state index is 0.0522. The highest BCUT2D eigenvalue weighted by Crippen LogP contribution is 2.39. The van der Waals surface area contributed by atoms with E-state index in [0.717, 1.165) is 43.0 Å². The van der Waals surface area contributed by atoms with Gasteiger partial charge in [-0.25, -0.2) is 4.98 Å². The number of hydrogen-bond acceptors (Lipinski definition) is 7. The van der Waals surface area contributed by atoms with Crippen molar-refractivity contribution in [3.05, 3.63) is 24.2 Å². The summed E-state index contributed by atoms with van der Waals surface area (Å²) in [5.41, 5.74) is 0.908. The molecule has 7 heteroatoms. The minimum absolute atomic E-state index is 0.0522. The first kappa shape index (κ1) is 15.0. The van der Waals surface area contributed by atoms with E-state index in [1.165, 1.54) is 5.75 Å². The standard InChI is InChI=1S/C16H20N4O2S/c1-11-18-15(22-20-11)13-3-2-6-17-14(13)19-12-4-7-21-16(9-12)5-8-23-10-16/h2-3,6,12H,4-5,7-10H2,1H3,(H,17,19)/t12-,16-/m0/s1. The molecule has 2 saturated heterocycles. The monoisotopic (exact) mass is 332 g/mol. The SMILES string of the molecule is Cc1noc(-c2cccnc2N[C@H]2CCO[C@@]3(CCSC3)C2)n1. The molecule has 23 heavy (non-hydrogen) atoms. The number of anilines is 1. The molecule has 0 radical (unpaired) electrons. The molecule has 2 fully saturated rings. The van der Waals surface area contributed by atoms with Crippen molar-refractivity contribution >= 4 is 17.6 Å². The number of nitrogens with zero attached hydrogens (tertiary/aromatic N) is 3. The molecule has 0 aliphatic carbocycles. The van der Waals surface area contributed by atoms with Gasteiger partial charge in [0.15, 0.2) is 5.82 Å². The zero-order chi connectivity index (χ0) is 15.7. The fraction of sp³-hybridized carbons (Fsp3) is 0.562. The molecule has 0 amide bonds. The van der Waals surface area contributed by atoms with Crippen molar-refractivity contribution in [1.82, 2.24) is 15.1 Å². The van der Waals surface area contributed by atoms with Crippen LogP contribution >= 0.6 is 11.8 Å². The van der Waals surface area contributed by atoms with E-state index in [0.29, 0.717) is 17.8 Å². The van der Waals surface area contributed by atoms with Crippen molar-refractivity contribution in [3.8, 4) is 11.5 Å². The van der Waals surface area contributed by atoms with Gasteiger partial charge in [-0.15, -0.1) is 0 Å². The van der Waals surface area contributed by atoms with Crippen LogP contribution in [0.4, 0.5) is 5.82 Å². The smallest absolute Gasteiger partial charge is 0.261 e. The van der Waals surface area contributed by atoms with Gasteiger partial charge in [0.1, 0.15) is 5.82 Å². The van der Waals surface area contributed by atoms with Gasteiger partial charge in [-0.1, -0.05) is 5.16 Å². The third kappa shape index (κ3) is 3.07. The number of nitrogens with one attached hydrogen (secondary N) is 1. The van der Waals surface area contributed by atoms with Crippen molar-refractivity contribution < 1.29 is 9.26 Å². The minimum Gasteiger partial charge on any atom is -0.374 e. The van der Waals surface area contributed by atoms with Crippen LogP contribution in [0.5, 0.6) is 0 Å². The molecule has 1 spiro atoms. The van der Waals surface area contributed by atoms with Crippen molar-refractivity contribution in [2.75, 3.05) is 23.4 Å². The fourth-order valence-corrected chi connectivity index (χ4v) is 4.69. The number of aromatic nitrogens is 3. The van der Waals surface area contributed by atoms with E-state index in [4.69, 9.17) is 9.26 Å². The molecule has 0 aromatic carbocycles. The summed E-state index contributed by atoms with van der Waals surface area (Å²) in [6, 6.07) is 4.21. The Morgan fingerprint density at radius 1 is 1.43 bits per heavy atom. The Bertz CT molecular complexity index is 684. The van der Waals surface area contributed by atoms with Gasteiger partial charge >= 0.3 is 0 Å². The number of rotatable bonds is 3. The van der Waals surface area contributed by atoms with E-state index >= 15 is 0 Å². The van der Waals surface area contributed by atoms with Crippen LogP contribution in [-0.2, 0) is 4.74 Å². The molecule has 1 N–H and O–H groups in total. The molecule has 122 valence electrons. The second-order valence-electron chi connectivity index (χ2n) is 6.21. The van der Waals surface area contributed by atoms with E-state index in [2.05, 4.69) is 20.4 Å². The van der Waals surface area contributed by atoms with Gasteiger partial charge in [0.05, 0.1) is 11.2 Å². The molecule has 6 nitrogen and oxygen atoms in total. The van der Waals surface area contributed by atoms with Crippen LogP contribution in [0.15, 0.2) is 22.9 Å². The van der Waals surface area contributed by atoms with Crippen LogP contribution in [-0.4, -0.2) is 44.9 Å². The molecule has 2 aromatic rings. The molecule has 2 aliphatic heterocycles. The average molecular weight is 332 g/mol. The molecule has 4 rings (SSSR count). The average Bonchev–Trinajstić information content (AvgIpc) is 3.18. The quantitative estimate of drug-likeness (QED) is 0.926. The van der Waals surface area contributed by atoms with Gasteiger partial charge in [0, 0.05) is 24.6 Å². The topological polar surface area (TPSA) is 73.1 Å². The maximum Gasteiger partial charge on any atom is 0.261 e. The third-order valence-electron chi connectivity index (χ3n) is 4.47. The predicted molar refractivity (Wildman–Crippen MR) is 89.5 cm³/mol. The van der Waals surface area contributed by atoms with Gasteiger partial charge in [-0.3, -0.25) is 0 Å². The van der Waals surface area contributed by atoms with Crippen LogP contribution in [0.3, 0.4) is 0 Å². The third-order valence-corrected chi connectivity index (χ3v) is 5.69. The number of ether oxygens (including phenoxy) is 1. The molecule has 2 atom stereocenters. The highest BCUT2D eigenvalue weighted by molar-refractivity contribution is 7.99. The first-order chi connectivity index (χ1) is 11.2. The van der Waals surface area contributed by atoms with Crippen LogP contribution < -0.4 is 5.32 Å². The van der Waals surface area contributed by atoms with Crippen molar-refractivity contribution in [2.24, 2.45) is 0 Å². The predicted octanol–water partition coefficient (Wildman–Crippen LogP) is 2.91. The summed E-state index contributed by atoms with van der Waals surface area (Å²) in [6.45, 7) is 2.62. The Morgan fingerprint density at radius 2 is 2.39 bits per heavy atom. The maximum absolute atomic E-state index is 6.09. The summed E-state index contributed by atoms with van der Waals surface area (Å²) in [5, 5.41) is 7.45. The van der Waals surface area contributed by atoms with Crippen LogP contribution in [0.25, 0.3) is 11.5 Å². The summed E-state index contributed by atoms with van der Waals surface area (Å²) in [4.78, 5) is 8.81. The maximum atomic E-state index is 6.09. The summed E-state index contributed by atoms with van der Waals surface area (Å²) in [7, 11) is 0. The van der Waals surface area contributed by atoms with Gasteiger partial charge in [-0.2, -0.15) is 16.7 Å². The first-order valence-corrected chi connectivity index (χ1v) is 9.14. The Balaban J connectivity index is 1.55. The van der Waals surface area contributed by atoms with E-state index < -0.39 is 0 Å². The lowest BCUT2D eigenvalue weighted by Crippen LogP contribution is -2.44. The second-order valence-corrected chi connectivity index (χ2v) is 7.32. The second kappa shape index (κ2) is 6.13. The summed E-state index contributed by atoms with van der Waals surface area (Å²) < 4.78 is 11.4. The Hall–Kier alpha value is -1.60. The largest absolute Gasteiger partial charge is 0.374 e. The normalized spacial score (nSPS) is 27.4. The molecule has 0 saturated carbocycles. The van der Waals surface area contributed by atoms with E-state index in [1.54, 1.807) is 6.20 Å². The Morgan fingerprint density at radius 3 is 3.17 bits per heavy atom. The lowest BCUT2D eigenvalue weighted by Gasteiger charge is -2.38.